The van der Waals surface area contributed by atoms with Gasteiger partial charge < -0.3 is 10.6 Å². The van der Waals surface area contributed by atoms with Crippen LogP contribution in [0.5, 0.6) is 0 Å². The van der Waals surface area contributed by atoms with Crippen LogP contribution in [0.3, 0.4) is 0 Å². The number of nitriles is 1. The first-order valence-electron chi connectivity index (χ1n) is 9.00. The molecule has 2 N–H and O–H groups in total. The zero-order valence-corrected chi connectivity index (χ0v) is 17.1. The third-order valence-electron chi connectivity index (χ3n) is 4.18. The SMILES string of the molecule is N#CCNC(=O)C(CS(=O)(=O)Cc1cccc(C(F)(F)F)c1F)NC(=O)c1ccccc1. The van der Waals surface area contributed by atoms with Gasteiger partial charge in [0, 0.05) is 11.1 Å². The Bertz CT molecular complexity index is 1130. The number of benzene rings is 2. The monoisotopic (exact) mass is 471 g/mol. The van der Waals surface area contributed by atoms with Crippen LogP contribution >= 0.6 is 0 Å². The molecule has 0 fully saturated rings. The topological polar surface area (TPSA) is 116 Å². The number of nitrogens with zero attached hydrogens (tertiary/aromatic N) is 1. The number of halogens is 4. The molecule has 32 heavy (non-hydrogen) atoms. The summed E-state index contributed by atoms with van der Waals surface area (Å²) >= 11 is 0. The van der Waals surface area contributed by atoms with Gasteiger partial charge in [-0.3, -0.25) is 9.59 Å². The number of sulfone groups is 1. The molecule has 2 rings (SSSR count). The maximum Gasteiger partial charge on any atom is 0.419 e. The van der Waals surface area contributed by atoms with Crippen molar-refractivity contribution in [3.8, 4) is 6.07 Å². The van der Waals surface area contributed by atoms with Gasteiger partial charge in [0.1, 0.15) is 18.4 Å². The molecule has 0 saturated carbocycles. The van der Waals surface area contributed by atoms with Gasteiger partial charge in [-0.15, -0.1) is 0 Å². The Morgan fingerprint density at radius 2 is 1.72 bits per heavy atom. The number of carbonyl (C=O) groups excluding carboxylic acids is 2. The lowest BCUT2D eigenvalue weighted by Crippen LogP contribution is -2.50. The van der Waals surface area contributed by atoms with Gasteiger partial charge in [-0.1, -0.05) is 30.3 Å². The summed E-state index contributed by atoms with van der Waals surface area (Å²) in [4.78, 5) is 24.6. The lowest BCUT2D eigenvalue weighted by atomic mass is 10.1. The second kappa shape index (κ2) is 10.2. The summed E-state index contributed by atoms with van der Waals surface area (Å²) in [6.45, 7) is -0.473. The second-order valence-electron chi connectivity index (χ2n) is 6.60. The minimum Gasteiger partial charge on any atom is -0.341 e. The highest BCUT2D eigenvalue weighted by molar-refractivity contribution is 7.90. The Labute approximate surface area is 181 Å². The van der Waals surface area contributed by atoms with E-state index in [0.29, 0.717) is 6.07 Å². The van der Waals surface area contributed by atoms with Crippen molar-refractivity contribution in [1.82, 2.24) is 10.6 Å². The van der Waals surface area contributed by atoms with Crippen LogP contribution < -0.4 is 10.6 Å². The van der Waals surface area contributed by atoms with Crippen LogP contribution in [0.2, 0.25) is 0 Å². The minimum absolute atomic E-state index is 0.118. The van der Waals surface area contributed by atoms with Crippen molar-refractivity contribution < 1.29 is 35.6 Å². The summed E-state index contributed by atoms with van der Waals surface area (Å²) in [7, 11) is -4.38. The number of hydrogen-bond acceptors (Lipinski definition) is 5. The zero-order chi connectivity index (χ0) is 23.9. The quantitative estimate of drug-likeness (QED) is 0.452. The molecule has 0 aliphatic carbocycles. The fourth-order valence-electron chi connectivity index (χ4n) is 2.72. The van der Waals surface area contributed by atoms with Crippen molar-refractivity contribution in [3.05, 3.63) is 71.0 Å². The first-order valence-corrected chi connectivity index (χ1v) is 10.8. The maximum absolute atomic E-state index is 14.2. The van der Waals surface area contributed by atoms with Crippen LogP contribution in [0.1, 0.15) is 21.5 Å². The molecule has 170 valence electrons. The van der Waals surface area contributed by atoms with E-state index in [0.717, 1.165) is 12.1 Å². The Morgan fingerprint density at radius 3 is 2.31 bits per heavy atom. The summed E-state index contributed by atoms with van der Waals surface area (Å²) < 4.78 is 78.0. The van der Waals surface area contributed by atoms with Gasteiger partial charge in [-0.05, 0) is 18.2 Å². The lowest BCUT2D eigenvalue weighted by Gasteiger charge is -2.18. The van der Waals surface area contributed by atoms with Gasteiger partial charge in [-0.25, -0.2) is 12.8 Å². The zero-order valence-electron chi connectivity index (χ0n) is 16.3. The van der Waals surface area contributed by atoms with Crippen molar-refractivity contribution in [2.24, 2.45) is 0 Å². The fraction of sp³-hybridized carbons (Fsp3) is 0.250. The van der Waals surface area contributed by atoms with E-state index in [9.17, 15) is 35.6 Å². The summed E-state index contributed by atoms with van der Waals surface area (Å²) in [5, 5.41) is 12.9. The highest BCUT2D eigenvalue weighted by Crippen LogP contribution is 2.32. The Kier molecular flexibility index (Phi) is 7.93. The predicted octanol–water partition coefficient (Wildman–Crippen LogP) is 2.20. The Balaban J connectivity index is 2.27. The highest BCUT2D eigenvalue weighted by Gasteiger charge is 2.36. The van der Waals surface area contributed by atoms with Gasteiger partial charge in [-0.2, -0.15) is 18.4 Å². The Hall–Kier alpha value is -3.46. The van der Waals surface area contributed by atoms with Gasteiger partial charge in [0.25, 0.3) is 5.91 Å². The molecule has 2 aromatic rings. The number of carbonyl (C=O) groups is 2. The van der Waals surface area contributed by atoms with E-state index in [1.165, 1.54) is 24.3 Å². The molecule has 1 unspecified atom stereocenters. The van der Waals surface area contributed by atoms with E-state index >= 15 is 0 Å². The first-order chi connectivity index (χ1) is 14.9. The number of amides is 2. The molecule has 2 aromatic carbocycles. The number of hydrogen-bond donors (Lipinski definition) is 2. The minimum atomic E-state index is -5.02. The summed E-state index contributed by atoms with van der Waals surface area (Å²) in [5.41, 5.74) is -2.23. The molecule has 0 heterocycles. The fourth-order valence-corrected chi connectivity index (χ4v) is 4.28. The molecule has 0 saturated heterocycles. The third-order valence-corrected chi connectivity index (χ3v) is 5.77. The van der Waals surface area contributed by atoms with Crippen LogP contribution in [-0.2, 0) is 26.6 Å². The molecule has 0 spiro atoms. The van der Waals surface area contributed by atoms with E-state index < -0.39 is 68.9 Å². The number of rotatable bonds is 8. The van der Waals surface area contributed by atoms with Crippen molar-refractivity contribution in [2.45, 2.75) is 18.0 Å². The number of nitrogens with one attached hydrogen (secondary N) is 2. The van der Waals surface area contributed by atoms with Crippen molar-refractivity contribution in [3.63, 3.8) is 0 Å². The number of alkyl halides is 3. The van der Waals surface area contributed by atoms with Crippen LogP contribution in [0.25, 0.3) is 0 Å². The molecular weight excluding hydrogens is 454 g/mol. The van der Waals surface area contributed by atoms with E-state index in [1.54, 1.807) is 12.1 Å². The average Bonchev–Trinajstić information content (AvgIpc) is 2.72. The van der Waals surface area contributed by atoms with E-state index in [2.05, 4.69) is 10.6 Å². The van der Waals surface area contributed by atoms with Crippen LogP contribution in [-0.4, -0.2) is 38.6 Å². The van der Waals surface area contributed by atoms with Gasteiger partial charge in [0.05, 0.1) is 23.1 Å². The first kappa shape index (κ1) is 24.8. The summed E-state index contributed by atoms with van der Waals surface area (Å²) in [6.07, 6.45) is -5.02. The van der Waals surface area contributed by atoms with E-state index in [-0.39, 0.29) is 5.56 Å². The molecule has 1 atom stereocenters. The molecule has 0 bridgehead atoms. The van der Waals surface area contributed by atoms with Crippen LogP contribution in [0.15, 0.2) is 48.5 Å². The van der Waals surface area contributed by atoms with Gasteiger partial charge in [0.15, 0.2) is 9.84 Å². The standard InChI is InChI=1S/C20H17F4N3O4S/c21-17-14(7-4-8-15(17)20(22,23)24)11-32(30,31)12-16(19(29)26-10-9-25)27-18(28)13-5-2-1-3-6-13/h1-8,16H,10-12H2,(H,26,29)(H,27,28). The lowest BCUT2D eigenvalue weighted by molar-refractivity contribution is -0.140. The second-order valence-corrected chi connectivity index (χ2v) is 8.71. The molecule has 0 aliphatic rings. The highest BCUT2D eigenvalue weighted by atomic mass is 32.2. The molecule has 7 nitrogen and oxygen atoms in total. The van der Waals surface area contributed by atoms with Crippen LogP contribution in [0.4, 0.5) is 17.6 Å². The van der Waals surface area contributed by atoms with E-state index in [1.807, 2.05) is 0 Å². The summed E-state index contributed by atoms with van der Waals surface area (Å²) in [6, 6.07) is 9.69. The van der Waals surface area contributed by atoms with Gasteiger partial charge in [0.2, 0.25) is 5.91 Å². The average molecular weight is 471 g/mol. The molecular formula is C20H17F4N3O4S. The largest absolute Gasteiger partial charge is 0.419 e. The third kappa shape index (κ3) is 6.78. The van der Waals surface area contributed by atoms with Crippen LogP contribution in [0, 0.1) is 17.1 Å². The molecule has 0 radical (unpaired) electrons. The maximum atomic E-state index is 14.2. The molecule has 0 aromatic heterocycles. The normalized spacial score (nSPS) is 12.5. The molecule has 12 heteroatoms. The molecule has 0 aliphatic heterocycles. The van der Waals surface area contributed by atoms with E-state index in [4.69, 9.17) is 5.26 Å². The predicted molar refractivity (Wildman–Crippen MR) is 105 cm³/mol. The van der Waals surface area contributed by atoms with Gasteiger partial charge >= 0.3 is 6.18 Å². The van der Waals surface area contributed by atoms with Crippen molar-refractivity contribution in [2.75, 3.05) is 12.3 Å². The van der Waals surface area contributed by atoms with Crippen molar-refractivity contribution in [1.29, 1.82) is 5.26 Å². The smallest absolute Gasteiger partial charge is 0.341 e. The summed E-state index contributed by atoms with van der Waals surface area (Å²) in [5.74, 6) is -5.68. The Morgan fingerprint density at radius 1 is 1.06 bits per heavy atom. The van der Waals surface area contributed by atoms with Crippen molar-refractivity contribution >= 4 is 21.7 Å². The molecule has 2 amide bonds.